The van der Waals surface area contributed by atoms with Gasteiger partial charge in [0.2, 0.25) is 11.8 Å². The predicted octanol–water partition coefficient (Wildman–Crippen LogP) is 3.50. The molecule has 1 saturated heterocycles. The van der Waals surface area contributed by atoms with Gasteiger partial charge in [-0.2, -0.15) is 0 Å². The molecular formula is C20H17ClN4O4. The van der Waals surface area contributed by atoms with Gasteiger partial charge in [0.15, 0.2) is 0 Å². The first-order valence-electron chi connectivity index (χ1n) is 8.88. The van der Waals surface area contributed by atoms with Crippen LogP contribution in [0.15, 0.2) is 52.9 Å². The van der Waals surface area contributed by atoms with Crippen LogP contribution >= 0.6 is 11.6 Å². The van der Waals surface area contributed by atoms with Crippen LogP contribution in [0.3, 0.4) is 0 Å². The van der Waals surface area contributed by atoms with Crippen LogP contribution in [0.4, 0.5) is 11.7 Å². The minimum atomic E-state index is -0.412. The molecular weight excluding hydrogens is 396 g/mol. The van der Waals surface area contributed by atoms with E-state index in [0.29, 0.717) is 28.8 Å². The van der Waals surface area contributed by atoms with Gasteiger partial charge in [-0.25, -0.2) is 0 Å². The molecule has 0 bridgehead atoms. The fraction of sp³-hybridized carbons (Fsp3) is 0.200. The lowest BCUT2D eigenvalue weighted by Crippen LogP contribution is -2.24. The monoisotopic (exact) mass is 412 g/mol. The number of nitrogens with one attached hydrogen (secondary N) is 1. The largest absolute Gasteiger partial charge is 0.497 e. The van der Waals surface area contributed by atoms with E-state index in [9.17, 15) is 9.59 Å². The van der Waals surface area contributed by atoms with Crippen LogP contribution in [0.2, 0.25) is 5.02 Å². The normalized spacial score (nSPS) is 16.1. The number of aromatic nitrogens is 2. The van der Waals surface area contributed by atoms with Gasteiger partial charge in [-0.05, 0) is 42.5 Å². The summed E-state index contributed by atoms with van der Waals surface area (Å²) in [6.45, 7) is 0.412. The average Bonchev–Trinajstić information content (AvgIpc) is 3.34. The van der Waals surface area contributed by atoms with Gasteiger partial charge >= 0.3 is 6.01 Å². The molecule has 29 heavy (non-hydrogen) atoms. The van der Waals surface area contributed by atoms with E-state index in [2.05, 4.69) is 15.5 Å². The van der Waals surface area contributed by atoms with Crippen molar-refractivity contribution in [3.8, 4) is 5.75 Å². The molecule has 0 radical (unpaired) electrons. The molecule has 2 heterocycles. The summed E-state index contributed by atoms with van der Waals surface area (Å²) >= 11 is 5.90. The summed E-state index contributed by atoms with van der Waals surface area (Å²) in [5.41, 5.74) is 1.14. The second-order valence-electron chi connectivity index (χ2n) is 6.51. The third kappa shape index (κ3) is 4.07. The lowest BCUT2D eigenvalue weighted by Gasteiger charge is -2.16. The minimum Gasteiger partial charge on any atom is -0.497 e. The quantitative estimate of drug-likeness (QED) is 0.688. The molecule has 0 spiro atoms. The maximum absolute atomic E-state index is 12.4. The van der Waals surface area contributed by atoms with Gasteiger partial charge in [0.25, 0.3) is 5.91 Å². The van der Waals surface area contributed by atoms with E-state index in [-0.39, 0.29) is 24.3 Å². The number of carbonyl (C=O) groups excluding carboxylic acids is 2. The maximum Gasteiger partial charge on any atom is 0.322 e. The smallest absolute Gasteiger partial charge is 0.322 e. The van der Waals surface area contributed by atoms with Crippen molar-refractivity contribution in [2.45, 2.75) is 12.3 Å². The molecule has 3 aromatic rings. The van der Waals surface area contributed by atoms with Crippen molar-refractivity contribution < 1.29 is 18.7 Å². The van der Waals surface area contributed by atoms with E-state index in [1.54, 1.807) is 42.3 Å². The fourth-order valence-corrected chi connectivity index (χ4v) is 3.32. The number of amides is 2. The number of benzene rings is 2. The summed E-state index contributed by atoms with van der Waals surface area (Å²) in [6, 6.07) is 13.7. The molecule has 1 aliphatic heterocycles. The second-order valence-corrected chi connectivity index (χ2v) is 6.95. The van der Waals surface area contributed by atoms with Crippen molar-refractivity contribution in [1.29, 1.82) is 0 Å². The Morgan fingerprint density at radius 1 is 1.24 bits per heavy atom. The maximum atomic E-state index is 12.4. The van der Waals surface area contributed by atoms with E-state index < -0.39 is 5.91 Å². The standard InChI is InChI=1S/C20H17ClN4O4/c1-28-16-7-5-15(6-8-16)25-11-13(10-17(25)26)19-23-24-20(29-19)22-18(27)12-3-2-4-14(21)9-12/h2-9,13H,10-11H2,1H3,(H,22,24,27)/t13-/m0/s1. The highest BCUT2D eigenvalue weighted by molar-refractivity contribution is 6.31. The summed E-state index contributed by atoms with van der Waals surface area (Å²) < 4.78 is 10.7. The molecule has 9 heteroatoms. The van der Waals surface area contributed by atoms with Crippen molar-refractivity contribution in [2.75, 3.05) is 23.9 Å². The van der Waals surface area contributed by atoms with Crippen LogP contribution in [0.1, 0.15) is 28.6 Å². The van der Waals surface area contributed by atoms with Gasteiger partial charge in [-0.15, -0.1) is 5.10 Å². The second kappa shape index (κ2) is 7.92. The number of carbonyl (C=O) groups is 2. The summed E-state index contributed by atoms with van der Waals surface area (Å²) in [4.78, 5) is 26.4. The molecule has 0 unspecified atom stereocenters. The number of hydrogen-bond acceptors (Lipinski definition) is 6. The average molecular weight is 413 g/mol. The molecule has 2 aromatic carbocycles. The molecule has 4 rings (SSSR count). The van der Waals surface area contributed by atoms with Crippen LogP contribution in [-0.2, 0) is 4.79 Å². The van der Waals surface area contributed by atoms with Crippen molar-refractivity contribution in [3.63, 3.8) is 0 Å². The van der Waals surface area contributed by atoms with Crippen LogP contribution in [-0.4, -0.2) is 35.7 Å². The number of ether oxygens (including phenoxy) is 1. The Hall–Kier alpha value is -3.39. The van der Waals surface area contributed by atoms with Crippen LogP contribution < -0.4 is 15.0 Å². The zero-order valence-electron chi connectivity index (χ0n) is 15.5. The summed E-state index contributed by atoms with van der Waals surface area (Å²) in [6.07, 6.45) is 0.246. The third-order valence-corrected chi connectivity index (χ3v) is 4.84. The number of hydrogen-bond donors (Lipinski definition) is 1. The molecule has 1 aromatic heterocycles. The lowest BCUT2D eigenvalue weighted by molar-refractivity contribution is -0.117. The molecule has 1 atom stereocenters. The van der Waals surface area contributed by atoms with Gasteiger partial charge in [0, 0.05) is 29.2 Å². The molecule has 148 valence electrons. The SMILES string of the molecule is COc1ccc(N2C[C@@H](c3nnc(NC(=O)c4cccc(Cl)c4)o3)CC2=O)cc1. The highest BCUT2D eigenvalue weighted by atomic mass is 35.5. The van der Waals surface area contributed by atoms with Crippen LogP contribution in [0.25, 0.3) is 0 Å². The zero-order chi connectivity index (χ0) is 20.4. The highest BCUT2D eigenvalue weighted by Crippen LogP contribution is 2.32. The Kier molecular flexibility index (Phi) is 5.18. The number of rotatable bonds is 5. The van der Waals surface area contributed by atoms with E-state index >= 15 is 0 Å². The van der Waals surface area contributed by atoms with Crippen molar-refractivity contribution in [2.24, 2.45) is 0 Å². The van der Waals surface area contributed by atoms with Gasteiger partial charge in [-0.3, -0.25) is 14.9 Å². The van der Waals surface area contributed by atoms with Gasteiger partial charge < -0.3 is 14.1 Å². The van der Waals surface area contributed by atoms with Crippen molar-refractivity contribution in [1.82, 2.24) is 10.2 Å². The predicted molar refractivity (Wildman–Crippen MR) is 106 cm³/mol. The molecule has 2 amide bonds. The van der Waals surface area contributed by atoms with E-state index in [1.807, 2.05) is 12.1 Å². The van der Waals surface area contributed by atoms with Crippen molar-refractivity contribution in [3.05, 3.63) is 65.0 Å². The minimum absolute atomic E-state index is 0.0275. The van der Waals surface area contributed by atoms with Gasteiger partial charge in [0.1, 0.15) is 5.75 Å². The topological polar surface area (TPSA) is 97.6 Å². The molecule has 8 nitrogen and oxygen atoms in total. The van der Waals surface area contributed by atoms with Crippen LogP contribution in [0, 0.1) is 0 Å². The highest BCUT2D eigenvalue weighted by Gasteiger charge is 2.35. The Balaban J connectivity index is 1.44. The van der Waals surface area contributed by atoms with E-state index in [4.69, 9.17) is 20.8 Å². The Labute approximate surface area is 171 Å². The number of nitrogens with zero attached hydrogens (tertiary/aromatic N) is 3. The summed E-state index contributed by atoms with van der Waals surface area (Å²) in [7, 11) is 1.59. The van der Waals surface area contributed by atoms with Gasteiger partial charge in [0.05, 0.1) is 13.0 Å². The van der Waals surface area contributed by atoms with E-state index in [0.717, 1.165) is 5.69 Å². The van der Waals surface area contributed by atoms with E-state index in [1.165, 1.54) is 6.07 Å². The number of halogens is 1. The third-order valence-electron chi connectivity index (χ3n) is 4.61. The molecule has 1 N–H and O–H groups in total. The number of anilines is 2. The molecule has 1 aliphatic rings. The lowest BCUT2D eigenvalue weighted by atomic mass is 10.1. The first kappa shape index (κ1) is 18.9. The first-order chi connectivity index (χ1) is 14.0. The van der Waals surface area contributed by atoms with Crippen LogP contribution in [0.5, 0.6) is 5.75 Å². The first-order valence-corrected chi connectivity index (χ1v) is 9.26. The van der Waals surface area contributed by atoms with Gasteiger partial charge in [-0.1, -0.05) is 22.8 Å². The Bertz CT molecular complexity index is 1050. The number of methoxy groups -OCH3 is 1. The zero-order valence-corrected chi connectivity index (χ0v) is 16.2. The Morgan fingerprint density at radius 2 is 2.03 bits per heavy atom. The Morgan fingerprint density at radius 3 is 2.76 bits per heavy atom. The molecule has 0 aliphatic carbocycles. The summed E-state index contributed by atoms with van der Waals surface area (Å²) in [5, 5.41) is 10.9. The molecule has 1 fully saturated rings. The summed E-state index contributed by atoms with van der Waals surface area (Å²) in [5.74, 6) is 0.312. The van der Waals surface area contributed by atoms with Crippen molar-refractivity contribution >= 4 is 35.1 Å². The molecule has 0 saturated carbocycles. The fourth-order valence-electron chi connectivity index (χ4n) is 3.13.